The van der Waals surface area contributed by atoms with Crippen LogP contribution in [0.15, 0.2) is 30.3 Å². The lowest BCUT2D eigenvalue weighted by Crippen LogP contribution is -2.30. The second-order valence-corrected chi connectivity index (χ2v) is 7.77. The van der Waals surface area contributed by atoms with Gasteiger partial charge in [0.25, 0.3) is 5.91 Å². The topological polar surface area (TPSA) is 81.7 Å². The monoisotopic (exact) mass is 461 g/mol. The van der Waals surface area contributed by atoms with Crippen LogP contribution in [0.3, 0.4) is 0 Å². The van der Waals surface area contributed by atoms with Gasteiger partial charge in [-0.2, -0.15) is 0 Å². The van der Waals surface area contributed by atoms with Crippen molar-refractivity contribution in [2.45, 2.75) is 6.36 Å². The lowest BCUT2D eigenvalue weighted by molar-refractivity contribution is -0.274. The summed E-state index contributed by atoms with van der Waals surface area (Å²) in [6.07, 6.45) is -4.24. The summed E-state index contributed by atoms with van der Waals surface area (Å²) in [5, 5.41) is -0.706. The van der Waals surface area contributed by atoms with Crippen LogP contribution in [0.5, 0.6) is 17.2 Å². The Hall–Kier alpha value is -2.24. The van der Waals surface area contributed by atoms with Gasteiger partial charge in [-0.1, -0.05) is 23.2 Å². The Morgan fingerprint density at radius 3 is 2.21 bits per heavy atom. The quantitative estimate of drug-likeness (QED) is 0.662. The molecule has 0 bridgehead atoms. The van der Waals surface area contributed by atoms with E-state index in [9.17, 15) is 30.8 Å². The summed E-state index contributed by atoms with van der Waals surface area (Å²) >= 11 is 11.6. The Morgan fingerprint density at radius 1 is 1.07 bits per heavy atom. The summed E-state index contributed by atoms with van der Waals surface area (Å²) in [6, 6.07) is 4.44. The van der Waals surface area contributed by atoms with Crippen LogP contribution in [-0.4, -0.2) is 26.9 Å². The van der Waals surface area contributed by atoms with Gasteiger partial charge in [0.15, 0.2) is 0 Å². The Balaban J connectivity index is 2.27. The predicted octanol–water partition coefficient (Wildman–Crippen LogP) is 4.51. The van der Waals surface area contributed by atoms with E-state index < -0.39 is 44.4 Å². The molecule has 0 aromatic heterocycles. The second kappa shape index (κ2) is 8.02. The highest BCUT2D eigenvalue weighted by atomic mass is 35.5. The van der Waals surface area contributed by atoms with E-state index in [1.807, 2.05) is 0 Å². The number of hydrogen-bond acceptors (Lipinski definition) is 5. The van der Waals surface area contributed by atoms with Crippen LogP contribution in [-0.2, 0) is 10.0 Å². The minimum atomic E-state index is -4.94. The van der Waals surface area contributed by atoms with Crippen LogP contribution in [0.4, 0.5) is 17.6 Å². The highest BCUT2D eigenvalue weighted by Gasteiger charge is 2.32. The summed E-state index contributed by atoms with van der Waals surface area (Å²) in [7, 11) is -3.93. The molecule has 28 heavy (non-hydrogen) atoms. The number of rotatable bonds is 5. The molecule has 0 fully saturated rings. The van der Waals surface area contributed by atoms with Gasteiger partial charge in [0.05, 0.1) is 21.9 Å². The first-order valence-corrected chi connectivity index (χ1v) is 9.64. The summed E-state index contributed by atoms with van der Waals surface area (Å²) in [6.45, 7) is 0. The summed E-state index contributed by atoms with van der Waals surface area (Å²) in [5.41, 5.74) is -0.658. The Bertz CT molecular complexity index is 1030. The third-order valence-corrected chi connectivity index (χ3v) is 4.05. The Morgan fingerprint density at radius 2 is 1.68 bits per heavy atom. The maximum atomic E-state index is 14.1. The van der Waals surface area contributed by atoms with Crippen molar-refractivity contribution in [2.75, 3.05) is 6.26 Å². The van der Waals surface area contributed by atoms with Gasteiger partial charge in [0.2, 0.25) is 10.0 Å². The van der Waals surface area contributed by atoms with Crippen LogP contribution < -0.4 is 14.2 Å². The van der Waals surface area contributed by atoms with Gasteiger partial charge < -0.3 is 9.47 Å². The molecule has 0 radical (unpaired) electrons. The van der Waals surface area contributed by atoms with E-state index in [0.717, 1.165) is 24.3 Å². The fraction of sp³-hybridized carbons (Fsp3) is 0.133. The van der Waals surface area contributed by atoms with E-state index in [4.69, 9.17) is 27.9 Å². The molecule has 0 aliphatic heterocycles. The van der Waals surface area contributed by atoms with Gasteiger partial charge in [-0.15, -0.1) is 13.2 Å². The average molecular weight is 462 g/mol. The smallest absolute Gasteiger partial charge is 0.456 e. The molecule has 0 atom stereocenters. The van der Waals surface area contributed by atoms with E-state index in [-0.39, 0.29) is 16.5 Å². The maximum absolute atomic E-state index is 14.1. The van der Waals surface area contributed by atoms with Crippen LogP contribution in [0, 0.1) is 5.82 Å². The SMILES string of the molecule is CS(=O)(=O)NC(=O)c1cc(Cl)c(Oc2ccc(OC(F)(F)F)c(Cl)c2)cc1F. The van der Waals surface area contributed by atoms with Crippen LogP contribution >= 0.6 is 23.2 Å². The maximum Gasteiger partial charge on any atom is 0.573 e. The molecule has 0 saturated heterocycles. The summed E-state index contributed by atoms with van der Waals surface area (Å²) in [5.74, 6) is -3.47. The number of carbonyl (C=O) groups is 1. The minimum Gasteiger partial charge on any atom is -0.456 e. The Labute approximate surface area is 166 Å². The van der Waals surface area contributed by atoms with Gasteiger partial charge >= 0.3 is 6.36 Å². The van der Waals surface area contributed by atoms with Crippen LogP contribution in [0.1, 0.15) is 10.4 Å². The van der Waals surface area contributed by atoms with Crippen molar-refractivity contribution in [2.24, 2.45) is 0 Å². The number of ether oxygens (including phenoxy) is 2. The molecule has 0 unspecified atom stereocenters. The van der Waals surface area contributed by atoms with Crippen molar-refractivity contribution in [3.8, 4) is 17.2 Å². The lowest BCUT2D eigenvalue weighted by Gasteiger charge is -2.13. The standard InChI is InChI=1S/C15H9Cl2F4NO5S/c1-28(24,25)22-14(23)8-5-10(17)13(6-11(8)18)26-7-2-3-12(9(16)4-7)27-15(19,20)21/h2-6H,1H3,(H,22,23). The van der Waals surface area contributed by atoms with Gasteiger partial charge in [0, 0.05) is 12.1 Å². The molecule has 13 heteroatoms. The summed E-state index contributed by atoms with van der Waals surface area (Å²) < 4.78 is 83.5. The number of sulfonamides is 1. The first-order chi connectivity index (χ1) is 12.7. The van der Waals surface area contributed by atoms with E-state index >= 15 is 0 Å². The minimum absolute atomic E-state index is 0.103. The van der Waals surface area contributed by atoms with Gasteiger partial charge in [-0.05, 0) is 18.2 Å². The van der Waals surface area contributed by atoms with Gasteiger partial charge in [0.1, 0.15) is 23.1 Å². The number of nitrogens with one attached hydrogen (secondary N) is 1. The number of amides is 1. The fourth-order valence-corrected chi connectivity index (χ4v) is 2.74. The molecule has 2 aromatic rings. The number of carbonyl (C=O) groups excluding carboxylic acids is 1. The molecular formula is C15H9Cl2F4NO5S. The Kier molecular flexibility index (Phi) is 6.31. The zero-order valence-electron chi connectivity index (χ0n) is 13.6. The van der Waals surface area contributed by atoms with Gasteiger partial charge in [-0.3, -0.25) is 4.79 Å². The molecule has 1 N–H and O–H groups in total. The van der Waals surface area contributed by atoms with Crippen molar-refractivity contribution >= 4 is 39.1 Å². The zero-order chi connectivity index (χ0) is 21.3. The highest BCUT2D eigenvalue weighted by molar-refractivity contribution is 7.89. The third kappa shape index (κ3) is 6.14. The van der Waals surface area contributed by atoms with Crippen LogP contribution in [0.2, 0.25) is 10.0 Å². The number of alkyl halides is 3. The molecule has 2 aromatic carbocycles. The number of hydrogen-bond donors (Lipinski definition) is 1. The normalized spacial score (nSPS) is 11.8. The zero-order valence-corrected chi connectivity index (χ0v) is 15.9. The third-order valence-electron chi connectivity index (χ3n) is 2.90. The molecule has 0 spiro atoms. The fourth-order valence-electron chi connectivity index (χ4n) is 1.88. The molecule has 152 valence electrons. The first-order valence-electron chi connectivity index (χ1n) is 6.99. The lowest BCUT2D eigenvalue weighted by atomic mass is 10.2. The predicted molar refractivity (Wildman–Crippen MR) is 91.9 cm³/mol. The molecule has 0 saturated carbocycles. The van der Waals surface area contributed by atoms with Crippen molar-refractivity contribution < 1.29 is 40.2 Å². The second-order valence-electron chi connectivity index (χ2n) is 5.21. The van der Waals surface area contributed by atoms with Crippen LogP contribution in [0.25, 0.3) is 0 Å². The van der Waals surface area contributed by atoms with Crippen molar-refractivity contribution in [1.82, 2.24) is 4.72 Å². The number of benzene rings is 2. The number of halogens is 6. The van der Waals surface area contributed by atoms with E-state index in [1.165, 1.54) is 0 Å². The molecular weight excluding hydrogens is 453 g/mol. The van der Waals surface area contributed by atoms with E-state index in [1.54, 1.807) is 4.72 Å². The highest BCUT2D eigenvalue weighted by Crippen LogP contribution is 2.36. The van der Waals surface area contributed by atoms with Crippen molar-refractivity contribution in [3.63, 3.8) is 0 Å². The largest absolute Gasteiger partial charge is 0.573 e. The molecule has 0 heterocycles. The average Bonchev–Trinajstić information content (AvgIpc) is 2.50. The van der Waals surface area contributed by atoms with Gasteiger partial charge in [-0.25, -0.2) is 17.5 Å². The molecule has 0 aliphatic rings. The molecule has 2 rings (SSSR count). The molecule has 0 aliphatic carbocycles. The van der Waals surface area contributed by atoms with Crippen molar-refractivity contribution in [1.29, 1.82) is 0 Å². The molecule has 6 nitrogen and oxygen atoms in total. The first kappa shape index (κ1) is 22.1. The van der Waals surface area contributed by atoms with E-state index in [0.29, 0.717) is 12.3 Å². The summed E-state index contributed by atoms with van der Waals surface area (Å²) in [4.78, 5) is 11.7. The molecule has 1 amide bonds. The van der Waals surface area contributed by atoms with Crippen molar-refractivity contribution in [3.05, 3.63) is 51.8 Å². The van der Waals surface area contributed by atoms with E-state index in [2.05, 4.69) is 4.74 Å².